The van der Waals surface area contributed by atoms with Gasteiger partial charge in [0.15, 0.2) is 5.78 Å². The fourth-order valence-corrected chi connectivity index (χ4v) is 3.41. The summed E-state index contributed by atoms with van der Waals surface area (Å²) >= 11 is 1.28. The van der Waals surface area contributed by atoms with Crippen molar-refractivity contribution in [2.75, 3.05) is 0 Å². The lowest BCUT2D eigenvalue weighted by atomic mass is 9.91. The molecule has 0 aliphatic rings. The van der Waals surface area contributed by atoms with E-state index in [2.05, 4.69) is 36.2 Å². The summed E-state index contributed by atoms with van der Waals surface area (Å²) in [6.07, 6.45) is 3.32. The molecular formula is C24H25NO3S. The predicted molar refractivity (Wildman–Crippen MR) is 119 cm³/mol. The van der Waals surface area contributed by atoms with Crippen molar-refractivity contribution < 1.29 is 9.53 Å². The smallest absolute Gasteiger partial charge is 0.266 e. The summed E-state index contributed by atoms with van der Waals surface area (Å²) in [5, 5.41) is 0. The molecule has 2 aromatic carbocycles. The number of carbonyl (C=O) groups excluding carboxylic acids is 1. The molecule has 0 aliphatic carbocycles. The molecule has 4 nitrogen and oxygen atoms in total. The van der Waals surface area contributed by atoms with Crippen molar-refractivity contribution in [1.82, 2.24) is 4.98 Å². The van der Waals surface area contributed by atoms with E-state index >= 15 is 0 Å². The van der Waals surface area contributed by atoms with Gasteiger partial charge in [0.2, 0.25) is 0 Å². The maximum absolute atomic E-state index is 12.2. The van der Waals surface area contributed by atoms with Gasteiger partial charge in [-0.15, -0.1) is 11.3 Å². The van der Waals surface area contributed by atoms with Crippen LogP contribution in [0.1, 0.15) is 37.5 Å². The van der Waals surface area contributed by atoms with Crippen LogP contribution in [0.5, 0.6) is 5.75 Å². The minimum absolute atomic E-state index is 0.0170. The van der Waals surface area contributed by atoms with Gasteiger partial charge in [-0.3, -0.25) is 9.59 Å². The Morgan fingerprint density at radius 3 is 2.34 bits per heavy atom. The van der Waals surface area contributed by atoms with Crippen LogP contribution >= 0.6 is 11.3 Å². The van der Waals surface area contributed by atoms with Crippen LogP contribution < -0.4 is 19.5 Å². The van der Waals surface area contributed by atoms with Crippen LogP contribution in [0.4, 0.5) is 0 Å². The fourth-order valence-electron chi connectivity index (χ4n) is 2.52. The number of rotatable bonds is 5. The van der Waals surface area contributed by atoms with E-state index < -0.39 is 5.41 Å². The number of ketones is 1. The van der Waals surface area contributed by atoms with Gasteiger partial charge in [-0.05, 0) is 36.3 Å². The number of nitrogens with one attached hydrogen (secondary N) is 1. The Morgan fingerprint density at radius 1 is 1.07 bits per heavy atom. The Kier molecular flexibility index (Phi) is 6.18. The van der Waals surface area contributed by atoms with E-state index in [1.807, 2.05) is 51.1 Å². The van der Waals surface area contributed by atoms with Crippen molar-refractivity contribution in [3.8, 4) is 5.75 Å². The van der Waals surface area contributed by atoms with Crippen molar-refractivity contribution in [3.05, 3.63) is 84.8 Å². The SMILES string of the molecule is Cc1ccc(COc2ccc(/C=c3\s/c(=C\C(=O)C(C)(C)C)[nH]c3=O)cc2)cc1. The lowest BCUT2D eigenvalue weighted by Crippen LogP contribution is -2.22. The van der Waals surface area contributed by atoms with E-state index in [1.165, 1.54) is 23.0 Å². The number of aryl methyl sites for hydroxylation is 1. The molecule has 1 N–H and O–H groups in total. The number of hydrogen-bond acceptors (Lipinski definition) is 4. The lowest BCUT2D eigenvalue weighted by Gasteiger charge is -2.12. The number of Topliss-reactive ketones (excluding diaryl/α,β-unsaturated/α-hetero) is 1. The number of aromatic nitrogens is 1. The molecule has 0 spiro atoms. The first-order valence-corrected chi connectivity index (χ1v) is 10.3. The summed E-state index contributed by atoms with van der Waals surface area (Å²) in [5.41, 5.74) is 2.57. The maximum atomic E-state index is 12.2. The highest BCUT2D eigenvalue weighted by Crippen LogP contribution is 2.16. The highest BCUT2D eigenvalue weighted by molar-refractivity contribution is 7.07. The summed E-state index contributed by atoms with van der Waals surface area (Å²) < 4.78 is 6.95. The molecule has 1 aromatic heterocycles. The van der Waals surface area contributed by atoms with Gasteiger partial charge in [-0.25, -0.2) is 0 Å². The third-order valence-electron chi connectivity index (χ3n) is 4.39. The zero-order chi connectivity index (χ0) is 21.0. The number of hydrogen-bond donors (Lipinski definition) is 1. The van der Waals surface area contributed by atoms with Gasteiger partial charge in [-0.1, -0.05) is 62.7 Å². The van der Waals surface area contributed by atoms with Crippen LogP contribution in [-0.4, -0.2) is 10.8 Å². The van der Waals surface area contributed by atoms with Crippen LogP contribution in [0.2, 0.25) is 0 Å². The largest absolute Gasteiger partial charge is 0.489 e. The van der Waals surface area contributed by atoms with E-state index in [9.17, 15) is 9.59 Å². The molecule has 29 heavy (non-hydrogen) atoms. The van der Waals surface area contributed by atoms with Crippen LogP contribution in [0.15, 0.2) is 53.3 Å². The van der Waals surface area contributed by atoms with Crippen LogP contribution in [0.3, 0.4) is 0 Å². The second-order valence-corrected chi connectivity index (χ2v) is 9.11. The molecule has 5 heteroatoms. The Balaban J connectivity index is 1.74. The van der Waals surface area contributed by atoms with E-state index in [-0.39, 0.29) is 11.3 Å². The van der Waals surface area contributed by atoms with Crippen LogP contribution in [-0.2, 0) is 11.4 Å². The van der Waals surface area contributed by atoms with Gasteiger partial charge in [-0.2, -0.15) is 0 Å². The number of thiazole rings is 1. The molecule has 3 aromatic rings. The quantitative estimate of drug-likeness (QED) is 0.704. The summed E-state index contributed by atoms with van der Waals surface area (Å²) in [6.45, 7) is 8.13. The highest BCUT2D eigenvalue weighted by atomic mass is 32.1. The topological polar surface area (TPSA) is 59.2 Å². The molecule has 150 valence electrons. The van der Waals surface area contributed by atoms with Crippen molar-refractivity contribution in [2.45, 2.75) is 34.3 Å². The number of benzene rings is 2. The molecule has 0 aliphatic heterocycles. The molecule has 0 unspecified atom stereocenters. The Bertz CT molecular complexity index is 1160. The molecule has 3 rings (SSSR count). The second-order valence-electron chi connectivity index (χ2n) is 8.03. The molecule has 0 radical (unpaired) electrons. The van der Waals surface area contributed by atoms with Crippen LogP contribution in [0, 0.1) is 12.3 Å². The Labute approximate surface area is 174 Å². The van der Waals surface area contributed by atoms with Gasteiger partial charge in [0.25, 0.3) is 5.56 Å². The fraction of sp³-hybridized carbons (Fsp3) is 0.250. The summed E-state index contributed by atoms with van der Waals surface area (Å²) in [7, 11) is 0. The van der Waals surface area contributed by atoms with E-state index in [1.54, 1.807) is 0 Å². The summed E-state index contributed by atoms with van der Waals surface area (Å²) in [6, 6.07) is 15.8. The third kappa shape index (κ3) is 5.78. The summed E-state index contributed by atoms with van der Waals surface area (Å²) in [5.74, 6) is 0.754. The monoisotopic (exact) mass is 407 g/mol. The van der Waals surface area contributed by atoms with Gasteiger partial charge in [0.05, 0.1) is 9.20 Å². The van der Waals surface area contributed by atoms with Crippen molar-refractivity contribution >= 4 is 29.3 Å². The van der Waals surface area contributed by atoms with Gasteiger partial charge >= 0.3 is 0 Å². The number of ether oxygens (including phenoxy) is 1. The molecule has 0 saturated carbocycles. The zero-order valence-electron chi connectivity index (χ0n) is 17.1. The van der Waals surface area contributed by atoms with Gasteiger partial charge in [0.1, 0.15) is 12.4 Å². The van der Waals surface area contributed by atoms with Crippen molar-refractivity contribution in [3.63, 3.8) is 0 Å². The third-order valence-corrected chi connectivity index (χ3v) is 5.35. The van der Waals surface area contributed by atoms with E-state index in [0.717, 1.165) is 16.9 Å². The Hall–Kier alpha value is -2.92. The number of carbonyl (C=O) groups is 1. The molecule has 0 fully saturated rings. The Morgan fingerprint density at radius 2 is 1.72 bits per heavy atom. The van der Waals surface area contributed by atoms with Crippen molar-refractivity contribution in [1.29, 1.82) is 0 Å². The minimum atomic E-state index is -0.473. The lowest BCUT2D eigenvalue weighted by molar-refractivity contribution is -0.119. The molecule has 0 atom stereocenters. The normalized spacial score (nSPS) is 13.0. The molecule has 0 amide bonds. The van der Waals surface area contributed by atoms with E-state index in [0.29, 0.717) is 15.8 Å². The second kappa shape index (κ2) is 8.62. The number of H-pyrrole nitrogens is 1. The molecule has 0 saturated heterocycles. The van der Waals surface area contributed by atoms with Gasteiger partial charge in [0, 0.05) is 11.5 Å². The van der Waals surface area contributed by atoms with E-state index in [4.69, 9.17) is 4.74 Å². The van der Waals surface area contributed by atoms with Gasteiger partial charge < -0.3 is 9.72 Å². The molecule has 0 bridgehead atoms. The maximum Gasteiger partial charge on any atom is 0.266 e. The average Bonchev–Trinajstić information content (AvgIpc) is 3.00. The first kappa shape index (κ1) is 20.8. The van der Waals surface area contributed by atoms with Crippen LogP contribution in [0.25, 0.3) is 12.2 Å². The standard InChI is InChI=1S/C24H25NO3S/c1-16-5-7-18(8-6-16)15-28-19-11-9-17(10-12-19)13-20-23(27)25-22(29-20)14-21(26)24(2,3)4/h5-14H,15H2,1-4H3,(H,25,27)/b20-13-,22-14-. The summed E-state index contributed by atoms with van der Waals surface area (Å²) in [4.78, 5) is 27.1. The molecular weight excluding hydrogens is 382 g/mol. The average molecular weight is 408 g/mol. The first-order valence-electron chi connectivity index (χ1n) is 9.46. The zero-order valence-corrected chi connectivity index (χ0v) is 17.9. The minimum Gasteiger partial charge on any atom is -0.489 e. The van der Waals surface area contributed by atoms with Crippen molar-refractivity contribution in [2.24, 2.45) is 5.41 Å². The highest BCUT2D eigenvalue weighted by Gasteiger charge is 2.18. The predicted octanol–water partition coefficient (Wildman–Crippen LogP) is 3.55. The first-order chi connectivity index (χ1) is 13.7. The number of aromatic amines is 1. The molecule has 1 heterocycles.